The van der Waals surface area contributed by atoms with Crippen molar-refractivity contribution in [3.63, 3.8) is 0 Å². The predicted octanol–water partition coefficient (Wildman–Crippen LogP) is 2.73. The van der Waals surface area contributed by atoms with Crippen molar-refractivity contribution in [1.82, 2.24) is 15.3 Å². The number of hydrogen-bond acceptors (Lipinski definition) is 3. The van der Waals surface area contributed by atoms with Crippen LogP contribution in [-0.4, -0.2) is 21.7 Å². The Balaban J connectivity index is 1.83. The molecule has 2 aromatic rings. The molecule has 1 atom stereocenters. The summed E-state index contributed by atoms with van der Waals surface area (Å²) in [7, 11) is 0. The second-order valence-electron chi connectivity index (χ2n) is 5.74. The number of hydrogen-bond donors (Lipinski definition) is 2. The quantitative estimate of drug-likeness (QED) is 0.914. The van der Waals surface area contributed by atoms with E-state index in [2.05, 4.69) is 15.3 Å². The lowest BCUT2D eigenvalue weighted by Gasteiger charge is -2.13. The minimum atomic E-state index is -0.184. The maximum Gasteiger partial charge on any atom is 0.268 e. The first-order chi connectivity index (χ1) is 10.6. The maximum atomic E-state index is 12.5. The molecule has 0 saturated carbocycles. The first-order valence-electron chi connectivity index (χ1n) is 7.53. The Hall–Kier alpha value is -2.43. The van der Waals surface area contributed by atoms with Gasteiger partial charge in [-0.25, -0.2) is 0 Å². The van der Waals surface area contributed by atoms with Gasteiger partial charge in [-0.05, 0) is 43.9 Å². The minimum absolute atomic E-state index is 0.134. The number of nitrogens with zero attached hydrogens (tertiary/aromatic N) is 1. The van der Waals surface area contributed by atoms with E-state index in [9.17, 15) is 9.59 Å². The zero-order valence-corrected chi connectivity index (χ0v) is 12.8. The molecule has 0 unspecified atom stereocenters. The lowest BCUT2D eigenvalue weighted by molar-refractivity contribution is 0.0934. The number of nitrogens with one attached hydrogen (secondary N) is 2. The number of carbonyl (C=O) groups excluding carboxylic acids is 2. The first-order valence-corrected chi connectivity index (χ1v) is 7.53. The number of ketones is 1. The number of aryl methyl sites for hydroxylation is 1. The number of rotatable bonds is 3. The molecule has 0 spiro atoms. The van der Waals surface area contributed by atoms with Crippen LogP contribution in [0.3, 0.4) is 0 Å². The summed E-state index contributed by atoms with van der Waals surface area (Å²) in [6.45, 7) is 3.75. The molecule has 0 bridgehead atoms. The lowest BCUT2D eigenvalue weighted by Crippen LogP contribution is -2.27. The fourth-order valence-corrected chi connectivity index (χ4v) is 2.99. The number of carbonyl (C=O) groups is 2. The largest absolute Gasteiger partial charge is 0.354 e. The summed E-state index contributed by atoms with van der Waals surface area (Å²) < 4.78 is 0. The molecule has 0 aromatic carbocycles. The second kappa shape index (κ2) is 5.75. The van der Waals surface area contributed by atoms with Crippen LogP contribution in [0.25, 0.3) is 0 Å². The molecule has 2 heterocycles. The molecule has 3 rings (SSSR count). The van der Waals surface area contributed by atoms with Crippen molar-refractivity contribution in [3.05, 3.63) is 52.6 Å². The van der Waals surface area contributed by atoms with E-state index >= 15 is 0 Å². The topological polar surface area (TPSA) is 74.8 Å². The van der Waals surface area contributed by atoms with Gasteiger partial charge in [0.1, 0.15) is 5.69 Å². The average molecular weight is 297 g/mol. The minimum Gasteiger partial charge on any atom is -0.354 e. The normalized spacial score (nSPS) is 15.3. The van der Waals surface area contributed by atoms with Crippen LogP contribution in [0.15, 0.2) is 24.5 Å². The van der Waals surface area contributed by atoms with Gasteiger partial charge in [0.2, 0.25) is 0 Å². The number of H-pyrrole nitrogens is 1. The molecular formula is C17H19N3O2. The molecule has 2 aromatic heterocycles. The van der Waals surface area contributed by atoms with Gasteiger partial charge in [-0.3, -0.25) is 14.6 Å². The summed E-state index contributed by atoms with van der Waals surface area (Å²) >= 11 is 0. The van der Waals surface area contributed by atoms with Gasteiger partial charge in [0.15, 0.2) is 5.78 Å². The van der Waals surface area contributed by atoms with Gasteiger partial charge in [0, 0.05) is 30.1 Å². The van der Waals surface area contributed by atoms with E-state index in [1.807, 2.05) is 26.0 Å². The van der Waals surface area contributed by atoms with Crippen LogP contribution in [0.4, 0.5) is 0 Å². The Bertz CT molecular complexity index is 719. The van der Waals surface area contributed by atoms with Crippen molar-refractivity contribution < 1.29 is 9.59 Å². The van der Waals surface area contributed by atoms with E-state index in [-0.39, 0.29) is 17.7 Å². The second-order valence-corrected chi connectivity index (χ2v) is 5.74. The van der Waals surface area contributed by atoms with Crippen LogP contribution in [-0.2, 0) is 6.42 Å². The number of Topliss-reactive ketones (excluding diaryl/α,β-unsaturated/α-hetero) is 1. The van der Waals surface area contributed by atoms with Crippen LogP contribution in [0.5, 0.6) is 0 Å². The molecule has 2 N–H and O–H groups in total. The van der Waals surface area contributed by atoms with Crippen LogP contribution in [0.1, 0.15) is 63.5 Å². The Morgan fingerprint density at radius 3 is 2.91 bits per heavy atom. The highest BCUT2D eigenvalue weighted by Crippen LogP contribution is 2.26. The van der Waals surface area contributed by atoms with Crippen LogP contribution < -0.4 is 5.32 Å². The molecule has 0 fully saturated rings. The van der Waals surface area contributed by atoms with Crippen LogP contribution in [0.2, 0.25) is 0 Å². The summed E-state index contributed by atoms with van der Waals surface area (Å²) in [5.74, 6) is -0.0505. The molecule has 1 aliphatic rings. The van der Waals surface area contributed by atoms with Gasteiger partial charge in [-0.15, -0.1) is 0 Å². The highest BCUT2D eigenvalue weighted by Gasteiger charge is 2.26. The average Bonchev–Trinajstić information content (AvgIpc) is 2.86. The summed E-state index contributed by atoms with van der Waals surface area (Å²) in [6.07, 6.45) is 5.68. The first kappa shape index (κ1) is 14.5. The molecule has 1 amide bonds. The van der Waals surface area contributed by atoms with E-state index in [4.69, 9.17) is 0 Å². The monoisotopic (exact) mass is 297 g/mol. The maximum absolute atomic E-state index is 12.5. The zero-order chi connectivity index (χ0) is 15.7. The molecule has 5 heteroatoms. The van der Waals surface area contributed by atoms with Crippen molar-refractivity contribution in [3.8, 4) is 0 Å². The van der Waals surface area contributed by atoms with Gasteiger partial charge in [0.25, 0.3) is 5.91 Å². The van der Waals surface area contributed by atoms with Crippen LogP contribution >= 0.6 is 0 Å². The fourth-order valence-electron chi connectivity index (χ4n) is 2.99. The van der Waals surface area contributed by atoms with E-state index in [0.29, 0.717) is 17.7 Å². The van der Waals surface area contributed by atoms with E-state index < -0.39 is 0 Å². The van der Waals surface area contributed by atoms with Crippen molar-refractivity contribution in [2.24, 2.45) is 0 Å². The van der Waals surface area contributed by atoms with Gasteiger partial charge < -0.3 is 10.3 Å². The molecule has 114 valence electrons. The summed E-state index contributed by atoms with van der Waals surface area (Å²) in [5.41, 5.74) is 3.81. The molecule has 5 nitrogen and oxygen atoms in total. The summed E-state index contributed by atoms with van der Waals surface area (Å²) in [4.78, 5) is 31.7. The molecule has 0 radical (unpaired) electrons. The SMILES string of the molecule is Cc1c(C(=O)N[C@H](C)c2cccnc2)[nH]c2c1C(=O)CCC2. The van der Waals surface area contributed by atoms with Gasteiger partial charge in [-0.1, -0.05) is 6.07 Å². The smallest absolute Gasteiger partial charge is 0.268 e. The summed E-state index contributed by atoms with van der Waals surface area (Å²) in [5, 5.41) is 2.96. The predicted molar refractivity (Wildman–Crippen MR) is 82.9 cm³/mol. The highest BCUT2D eigenvalue weighted by molar-refractivity contribution is 6.04. The molecule has 22 heavy (non-hydrogen) atoms. The van der Waals surface area contributed by atoms with Crippen molar-refractivity contribution in [2.45, 2.75) is 39.2 Å². The third-order valence-electron chi connectivity index (χ3n) is 4.20. The number of aromatic amines is 1. The Morgan fingerprint density at radius 2 is 2.23 bits per heavy atom. The Morgan fingerprint density at radius 1 is 1.41 bits per heavy atom. The van der Waals surface area contributed by atoms with Crippen molar-refractivity contribution >= 4 is 11.7 Å². The van der Waals surface area contributed by atoms with Crippen molar-refractivity contribution in [1.29, 1.82) is 0 Å². The highest BCUT2D eigenvalue weighted by atomic mass is 16.2. The molecule has 1 aliphatic carbocycles. The lowest BCUT2D eigenvalue weighted by atomic mass is 9.94. The number of pyridine rings is 1. The number of aromatic nitrogens is 2. The standard InChI is InChI=1S/C17H19N3O2/c1-10-15-13(6-3-7-14(15)21)20-16(10)17(22)19-11(2)12-5-4-8-18-9-12/h4-5,8-9,11,20H,3,6-7H2,1-2H3,(H,19,22)/t11-/m1/s1. The van der Waals surface area contributed by atoms with Gasteiger partial charge in [0.05, 0.1) is 6.04 Å². The third kappa shape index (κ3) is 2.54. The molecule has 0 saturated heterocycles. The van der Waals surface area contributed by atoms with Crippen molar-refractivity contribution in [2.75, 3.05) is 0 Å². The summed E-state index contributed by atoms with van der Waals surface area (Å²) in [6, 6.07) is 3.63. The molecule has 0 aliphatic heterocycles. The Labute approximate surface area is 129 Å². The fraction of sp³-hybridized carbons (Fsp3) is 0.353. The zero-order valence-electron chi connectivity index (χ0n) is 12.8. The van der Waals surface area contributed by atoms with E-state index in [0.717, 1.165) is 29.7 Å². The number of fused-ring (bicyclic) bond motifs is 1. The number of amides is 1. The Kier molecular flexibility index (Phi) is 3.79. The molecular weight excluding hydrogens is 278 g/mol. The van der Waals surface area contributed by atoms with Gasteiger partial charge >= 0.3 is 0 Å². The van der Waals surface area contributed by atoms with Crippen LogP contribution in [0, 0.1) is 6.92 Å². The van der Waals surface area contributed by atoms with E-state index in [1.54, 1.807) is 12.4 Å². The van der Waals surface area contributed by atoms with E-state index in [1.165, 1.54) is 0 Å². The third-order valence-corrected chi connectivity index (χ3v) is 4.20. The van der Waals surface area contributed by atoms with Gasteiger partial charge in [-0.2, -0.15) is 0 Å².